The normalized spacial score (nSPS) is 13.5. The Morgan fingerprint density at radius 3 is 2.31 bits per heavy atom. The molecule has 0 aliphatic carbocycles. The van der Waals surface area contributed by atoms with E-state index < -0.39 is 16.1 Å². The van der Waals surface area contributed by atoms with Gasteiger partial charge in [-0.2, -0.15) is 0 Å². The van der Waals surface area contributed by atoms with Gasteiger partial charge in [-0.25, -0.2) is 8.42 Å². The Morgan fingerprint density at radius 1 is 1.05 bits per heavy atom. The van der Waals surface area contributed by atoms with E-state index in [-0.39, 0.29) is 43.8 Å². The molecule has 0 aromatic heterocycles. The molecule has 1 atom stereocenters. The van der Waals surface area contributed by atoms with Crippen molar-refractivity contribution in [1.29, 1.82) is 0 Å². The van der Waals surface area contributed by atoms with Crippen LogP contribution in [0.1, 0.15) is 45.6 Å². The van der Waals surface area contributed by atoms with Gasteiger partial charge in [0.15, 0.2) is 11.5 Å². The second-order valence-electron chi connectivity index (χ2n) is 9.72. The molecule has 1 N–H and O–H groups in total. The van der Waals surface area contributed by atoms with Crippen LogP contribution in [-0.4, -0.2) is 70.3 Å². The SMILES string of the molecule is CC[C@@H](C(=O)NC(C)C)N(Cc1ccc(OC)cc1)C(=O)CCCN(c1ccc2c(c1)OCCO2)S(C)(=O)=O. The average Bonchev–Trinajstić information content (AvgIpc) is 2.89. The molecule has 11 heteroatoms. The monoisotopic (exact) mass is 561 g/mol. The highest BCUT2D eigenvalue weighted by molar-refractivity contribution is 7.92. The van der Waals surface area contributed by atoms with Crippen molar-refractivity contribution in [3.63, 3.8) is 0 Å². The third-order valence-electron chi connectivity index (χ3n) is 6.29. The molecule has 3 rings (SSSR count). The third-order valence-corrected chi connectivity index (χ3v) is 7.49. The largest absolute Gasteiger partial charge is 0.497 e. The molecule has 2 aromatic rings. The van der Waals surface area contributed by atoms with Crippen LogP contribution in [0.15, 0.2) is 42.5 Å². The maximum Gasteiger partial charge on any atom is 0.243 e. The van der Waals surface area contributed by atoms with Crippen LogP contribution in [0.5, 0.6) is 17.2 Å². The minimum absolute atomic E-state index is 0.0676. The van der Waals surface area contributed by atoms with E-state index in [0.717, 1.165) is 11.8 Å². The molecule has 39 heavy (non-hydrogen) atoms. The summed E-state index contributed by atoms with van der Waals surface area (Å²) in [5.74, 6) is 1.29. The molecule has 0 unspecified atom stereocenters. The van der Waals surface area contributed by atoms with Crippen molar-refractivity contribution in [3.05, 3.63) is 48.0 Å². The Balaban J connectivity index is 1.77. The zero-order valence-electron chi connectivity index (χ0n) is 23.3. The van der Waals surface area contributed by atoms with Crippen LogP contribution in [0, 0.1) is 0 Å². The molecule has 0 fully saturated rings. The molecule has 1 aliphatic heterocycles. The summed E-state index contributed by atoms with van der Waals surface area (Å²) in [6.45, 7) is 6.77. The molecule has 0 saturated carbocycles. The minimum Gasteiger partial charge on any atom is -0.497 e. The third kappa shape index (κ3) is 8.26. The predicted octanol–water partition coefficient (Wildman–Crippen LogP) is 3.34. The molecule has 214 valence electrons. The van der Waals surface area contributed by atoms with E-state index in [1.54, 1.807) is 30.2 Å². The smallest absolute Gasteiger partial charge is 0.243 e. The van der Waals surface area contributed by atoms with E-state index in [2.05, 4.69) is 5.32 Å². The van der Waals surface area contributed by atoms with Gasteiger partial charge in [-0.05, 0) is 56.5 Å². The first-order valence-corrected chi connectivity index (χ1v) is 15.0. The van der Waals surface area contributed by atoms with E-state index in [1.807, 2.05) is 45.0 Å². The Labute approximate surface area is 231 Å². The second kappa shape index (κ2) is 13.5. The Hall–Kier alpha value is -3.47. The van der Waals surface area contributed by atoms with Gasteiger partial charge in [-0.3, -0.25) is 13.9 Å². The van der Waals surface area contributed by atoms with Gasteiger partial charge in [0.05, 0.1) is 19.1 Å². The molecule has 10 nitrogen and oxygen atoms in total. The molecule has 1 heterocycles. The van der Waals surface area contributed by atoms with E-state index in [0.29, 0.717) is 42.6 Å². The van der Waals surface area contributed by atoms with Gasteiger partial charge in [-0.1, -0.05) is 19.1 Å². The Bertz CT molecular complexity index is 1230. The van der Waals surface area contributed by atoms with Crippen LogP contribution in [0.25, 0.3) is 0 Å². The molecule has 0 radical (unpaired) electrons. The summed E-state index contributed by atoms with van der Waals surface area (Å²) >= 11 is 0. The summed E-state index contributed by atoms with van der Waals surface area (Å²) in [4.78, 5) is 28.1. The highest BCUT2D eigenvalue weighted by Gasteiger charge is 2.29. The van der Waals surface area contributed by atoms with Crippen molar-refractivity contribution in [2.24, 2.45) is 0 Å². The molecule has 0 spiro atoms. The first kappa shape index (κ1) is 30.1. The number of nitrogens with one attached hydrogen (secondary N) is 1. The highest BCUT2D eigenvalue weighted by Crippen LogP contribution is 2.34. The number of amides is 2. The summed E-state index contributed by atoms with van der Waals surface area (Å²) in [5, 5.41) is 2.91. The first-order chi connectivity index (χ1) is 18.5. The van der Waals surface area contributed by atoms with Gasteiger partial charge in [0, 0.05) is 31.6 Å². The molecular weight excluding hydrogens is 522 g/mol. The fourth-order valence-electron chi connectivity index (χ4n) is 4.42. The molecule has 2 aromatic carbocycles. The number of nitrogens with zero attached hydrogens (tertiary/aromatic N) is 2. The summed E-state index contributed by atoms with van der Waals surface area (Å²) in [7, 11) is -2.05. The predicted molar refractivity (Wildman–Crippen MR) is 150 cm³/mol. The van der Waals surface area contributed by atoms with E-state index in [9.17, 15) is 18.0 Å². The zero-order chi connectivity index (χ0) is 28.6. The van der Waals surface area contributed by atoms with Crippen LogP contribution in [-0.2, 0) is 26.2 Å². The van der Waals surface area contributed by atoms with Gasteiger partial charge in [-0.15, -0.1) is 0 Å². The lowest BCUT2D eigenvalue weighted by Crippen LogP contribution is -2.50. The van der Waals surface area contributed by atoms with Crippen molar-refractivity contribution < 1.29 is 32.2 Å². The molecule has 1 aliphatic rings. The van der Waals surface area contributed by atoms with Crippen molar-refractivity contribution in [2.75, 3.05) is 37.4 Å². The summed E-state index contributed by atoms with van der Waals surface area (Å²) in [6, 6.07) is 11.6. The maximum atomic E-state index is 13.5. The molecule has 0 bridgehead atoms. The number of sulfonamides is 1. The average molecular weight is 562 g/mol. The number of methoxy groups -OCH3 is 1. The van der Waals surface area contributed by atoms with Gasteiger partial charge in [0.1, 0.15) is 25.0 Å². The number of anilines is 1. The quantitative estimate of drug-likeness (QED) is 0.399. The number of ether oxygens (including phenoxy) is 3. The lowest BCUT2D eigenvalue weighted by Gasteiger charge is -2.31. The number of carbonyl (C=O) groups excluding carboxylic acids is 2. The maximum absolute atomic E-state index is 13.5. The van der Waals surface area contributed by atoms with Gasteiger partial charge >= 0.3 is 0 Å². The Kier molecular flexibility index (Phi) is 10.4. The topological polar surface area (TPSA) is 114 Å². The fourth-order valence-corrected chi connectivity index (χ4v) is 5.38. The first-order valence-electron chi connectivity index (χ1n) is 13.1. The van der Waals surface area contributed by atoms with E-state index in [4.69, 9.17) is 14.2 Å². The lowest BCUT2D eigenvalue weighted by atomic mass is 10.1. The van der Waals surface area contributed by atoms with Crippen molar-refractivity contribution in [1.82, 2.24) is 10.2 Å². The number of carbonyl (C=O) groups is 2. The van der Waals surface area contributed by atoms with Crippen molar-refractivity contribution in [3.8, 4) is 17.2 Å². The summed E-state index contributed by atoms with van der Waals surface area (Å²) < 4.78 is 42.9. The molecular formula is C28H39N3O7S. The van der Waals surface area contributed by atoms with Crippen LogP contribution in [0.3, 0.4) is 0 Å². The summed E-state index contributed by atoms with van der Waals surface area (Å²) in [5.41, 5.74) is 1.29. The van der Waals surface area contributed by atoms with Crippen LogP contribution in [0.4, 0.5) is 5.69 Å². The zero-order valence-corrected chi connectivity index (χ0v) is 24.1. The van der Waals surface area contributed by atoms with Crippen LogP contribution in [0.2, 0.25) is 0 Å². The minimum atomic E-state index is -3.63. The number of rotatable bonds is 13. The highest BCUT2D eigenvalue weighted by atomic mass is 32.2. The van der Waals surface area contributed by atoms with Crippen molar-refractivity contribution >= 4 is 27.5 Å². The lowest BCUT2D eigenvalue weighted by molar-refractivity contribution is -0.141. The van der Waals surface area contributed by atoms with E-state index >= 15 is 0 Å². The fraction of sp³-hybridized carbons (Fsp3) is 0.500. The molecule has 2 amide bonds. The van der Waals surface area contributed by atoms with Gasteiger partial charge in [0.25, 0.3) is 0 Å². The van der Waals surface area contributed by atoms with E-state index in [1.165, 1.54) is 4.31 Å². The van der Waals surface area contributed by atoms with Crippen LogP contribution >= 0.6 is 0 Å². The van der Waals surface area contributed by atoms with Gasteiger partial charge < -0.3 is 24.4 Å². The Morgan fingerprint density at radius 2 is 1.72 bits per heavy atom. The van der Waals surface area contributed by atoms with Gasteiger partial charge in [0.2, 0.25) is 21.8 Å². The number of hydrogen-bond acceptors (Lipinski definition) is 7. The van der Waals surface area contributed by atoms with Crippen molar-refractivity contribution in [2.45, 2.75) is 58.7 Å². The molecule has 0 saturated heterocycles. The van der Waals surface area contributed by atoms with Crippen LogP contribution < -0.4 is 23.8 Å². The number of hydrogen-bond donors (Lipinski definition) is 1. The second-order valence-corrected chi connectivity index (χ2v) is 11.6. The summed E-state index contributed by atoms with van der Waals surface area (Å²) in [6.07, 6.45) is 1.90. The number of benzene rings is 2. The number of fused-ring (bicyclic) bond motifs is 1. The standard InChI is InChI=1S/C28H39N3O7S/c1-6-24(28(33)29-20(2)3)30(19-21-9-12-23(36-4)13-10-21)27(32)8-7-15-31(39(5,34)35)22-11-14-25-26(18-22)38-17-16-37-25/h9-14,18,20,24H,6-8,15-17,19H2,1-5H3,(H,29,33)/t24-/m0/s1.